The van der Waals surface area contributed by atoms with Crippen LogP contribution in [0, 0.1) is 10.8 Å². The molecule has 2 aliphatic rings. The van der Waals surface area contributed by atoms with Gasteiger partial charge < -0.3 is 5.32 Å². The standard InChI is InChI=1S/C13H26N2/c1-12(2,3)11-9-15(8-7-14-11)10-13(4)5-6-13/h11,14H,5-10H2,1-4H3. The van der Waals surface area contributed by atoms with Gasteiger partial charge in [0.2, 0.25) is 0 Å². The first-order chi connectivity index (χ1) is 6.89. The van der Waals surface area contributed by atoms with E-state index in [1.807, 2.05) is 0 Å². The van der Waals surface area contributed by atoms with E-state index in [4.69, 9.17) is 0 Å². The van der Waals surface area contributed by atoms with Crippen molar-refractivity contribution in [3.8, 4) is 0 Å². The quantitative estimate of drug-likeness (QED) is 0.751. The van der Waals surface area contributed by atoms with E-state index in [0.717, 1.165) is 6.54 Å². The fraction of sp³-hybridized carbons (Fsp3) is 1.00. The van der Waals surface area contributed by atoms with Gasteiger partial charge in [-0.25, -0.2) is 0 Å². The fourth-order valence-corrected chi connectivity index (χ4v) is 2.45. The number of rotatable bonds is 2. The Labute approximate surface area is 94.4 Å². The van der Waals surface area contributed by atoms with Crippen LogP contribution in [0.4, 0.5) is 0 Å². The molecule has 1 heterocycles. The predicted octanol–water partition coefficient (Wildman–Crippen LogP) is 2.11. The first kappa shape index (κ1) is 11.4. The third kappa shape index (κ3) is 2.94. The second kappa shape index (κ2) is 3.74. The lowest BCUT2D eigenvalue weighted by molar-refractivity contribution is 0.118. The molecule has 1 saturated heterocycles. The van der Waals surface area contributed by atoms with Gasteiger partial charge in [0.25, 0.3) is 0 Å². The summed E-state index contributed by atoms with van der Waals surface area (Å²) in [6.45, 7) is 14.4. The van der Waals surface area contributed by atoms with Gasteiger partial charge in [0.05, 0.1) is 0 Å². The van der Waals surface area contributed by atoms with Gasteiger partial charge in [-0.3, -0.25) is 4.90 Å². The average molecular weight is 210 g/mol. The molecule has 0 radical (unpaired) electrons. The van der Waals surface area contributed by atoms with Crippen molar-refractivity contribution in [1.82, 2.24) is 10.2 Å². The second-order valence-electron chi connectivity index (χ2n) is 6.92. The third-order valence-electron chi connectivity index (χ3n) is 4.01. The highest BCUT2D eigenvalue weighted by molar-refractivity contribution is 4.94. The summed E-state index contributed by atoms with van der Waals surface area (Å²) >= 11 is 0. The molecular weight excluding hydrogens is 184 g/mol. The van der Waals surface area contributed by atoms with E-state index in [9.17, 15) is 0 Å². The summed E-state index contributed by atoms with van der Waals surface area (Å²) < 4.78 is 0. The Morgan fingerprint density at radius 2 is 2.00 bits per heavy atom. The monoisotopic (exact) mass is 210 g/mol. The lowest BCUT2D eigenvalue weighted by atomic mass is 9.85. The second-order valence-corrected chi connectivity index (χ2v) is 6.92. The highest BCUT2D eigenvalue weighted by atomic mass is 15.2. The Morgan fingerprint density at radius 3 is 2.53 bits per heavy atom. The molecule has 0 aromatic heterocycles. The van der Waals surface area contributed by atoms with Crippen LogP contribution >= 0.6 is 0 Å². The van der Waals surface area contributed by atoms with Gasteiger partial charge in [0.1, 0.15) is 0 Å². The Bertz CT molecular complexity index is 225. The van der Waals surface area contributed by atoms with Crippen LogP contribution in [0.5, 0.6) is 0 Å². The third-order valence-corrected chi connectivity index (χ3v) is 4.01. The smallest absolute Gasteiger partial charge is 0.0244 e. The molecule has 15 heavy (non-hydrogen) atoms. The van der Waals surface area contributed by atoms with E-state index in [1.54, 1.807) is 0 Å². The molecule has 0 aromatic carbocycles. The predicted molar refractivity (Wildman–Crippen MR) is 65.0 cm³/mol. The van der Waals surface area contributed by atoms with Crippen molar-refractivity contribution in [1.29, 1.82) is 0 Å². The number of nitrogens with zero attached hydrogens (tertiary/aromatic N) is 1. The fourth-order valence-electron chi connectivity index (χ4n) is 2.45. The minimum absolute atomic E-state index is 0.392. The molecule has 2 heteroatoms. The molecule has 1 saturated carbocycles. The molecule has 0 amide bonds. The Hall–Kier alpha value is -0.0800. The Kier molecular flexibility index (Phi) is 2.85. The van der Waals surface area contributed by atoms with E-state index in [1.165, 1.54) is 32.5 Å². The maximum Gasteiger partial charge on any atom is 0.0244 e. The molecule has 1 atom stereocenters. The zero-order valence-electron chi connectivity index (χ0n) is 10.8. The van der Waals surface area contributed by atoms with E-state index < -0.39 is 0 Å². The molecule has 1 unspecified atom stereocenters. The minimum atomic E-state index is 0.392. The maximum atomic E-state index is 3.65. The number of hydrogen-bond donors (Lipinski definition) is 1. The van der Waals surface area contributed by atoms with Crippen LogP contribution in [-0.2, 0) is 0 Å². The van der Waals surface area contributed by atoms with Gasteiger partial charge in [0.15, 0.2) is 0 Å². The Morgan fingerprint density at radius 1 is 1.33 bits per heavy atom. The van der Waals surface area contributed by atoms with Crippen LogP contribution in [0.2, 0.25) is 0 Å². The van der Waals surface area contributed by atoms with Crippen molar-refractivity contribution in [2.75, 3.05) is 26.2 Å². The summed E-state index contributed by atoms with van der Waals surface area (Å²) in [4.78, 5) is 2.67. The van der Waals surface area contributed by atoms with Crippen molar-refractivity contribution < 1.29 is 0 Å². The molecule has 1 aliphatic carbocycles. The summed E-state index contributed by atoms with van der Waals surface area (Å²) in [5.41, 5.74) is 1.06. The van der Waals surface area contributed by atoms with Gasteiger partial charge in [-0.05, 0) is 23.7 Å². The van der Waals surface area contributed by atoms with Crippen LogP contribution in [-0.4, -0.2) is 37.1 Å². The molecule has 88 valence electrons. The molecule has 0 aromatic rings. The van der Waals surface area contributed by atoms with Crippen LogP contribution < -0.4 is 5.32 Å². The maximum absolute atomic E-state index is 3.65. The number of nitrogens with one attached hydrogen (secondary N) is 1. The van der Waals surface area contributed by atoms with Gasteiger partial charge in [-0.2, -0.15) is 0 Å². The summed E-state index contributed by atoms with van der Waals surface area (Å²) in [7, 11) is 0. The van der Waals surface area contributed by atoms with E-state index in [0.29, 0.717) is 16.9 Å². The van der Waals surface area contributed by atoms with Crippen molar-refractivity contribution in [3.05, 3.63) is 0 Å². The molecule has 1 aliphatic heterocycles. The summed E-state index contributed by atoms with van der Waals surface area (Å²) in [5, 5.41) is 3.65. The molecule has 0 spiro atoms. The lowest BCUT2D eigenvalue weighted by Crippen LogP contribution is -2.56. The van der Waals surface area contributed by atoms with Crippen LogP contribution in [0.15, 0.2) is 0 Å². The number of hydrogen-bond acceptors (Lipinski definition) is 2. The summed E-state index contributed by atoms with van der Waals surface area (Å²) in [6.07, 6.45) is 2.88. The van der Waals surface area contributed by atoms with Crippen molar-refractivity contribution in [2.24, 2.45) is 10.8 Å². The molecule has 2 rings (SSSR count). The normalized spacial score (nSPS) is 31.6. The SMILES string of the molecule is CC1(CN2CCNC(C(C)(C)C)C2)CC1. The largest absolute Gasteiger partial charge is 0.311 e. The molecular formula is C13H26N2. The minimum Gasteiger partial charge on any atom is -0.311 e. The molecule has 0 bridgehead atoms. The van der Waals surface area contributed by atoms with Crippen molar-refractivity contribution in [2.45, 2.75) is 46.6 Å². The summed E-state index contributed by atoms with van der Waals surface area (Å²) in [5.74, 6) is 0. The van der Waals surface area contributed by atoms with Crippen LogP contribution in [0.1, 0.15) is 40.5 Å². The van der Waals surface area contributed by atoms with Crippen molar-refractivity contribution in [3.63, 3.8) is 0 Å². The summed E-state index contributed by atoms with van der Waals surface area (Å²) in [6, 6.07) is 0.661. The van der Waals surface area contributed by atoms with Gasteiger partial charge in [-0.1, -0.05) is 27.7 Å². The molecule has 2 nitrogen and oxygen atoms in total. The highest BCUT2D eigenvalue weighted by Crippen LogP contribution is 2.45. The zero-order chi connectivity index (χ0) is 11.1. The van der Waals surface area contributed by atoms with Gasteiger partial charge in [0, 0.05) is 32.2 Å². The zero-order valence-corrected chi connectivity index (χ0v) is 10.8. The Balaban J connectivity index is 1.87. The first-order valence-electron chi connectivity index (χ1n) is 6.35. The highest BCUT2D eigenvalue weighted by Gasteiger charge is 2.40. The van der Waals surface area contributed by atoms with E-state index in [-0.39, 0.29) is 0 Å². The first-order valence-corrected chi connectivity index (χ1v) is 6.35. The van der Waals surface area contributed by atoms with Gasteiger partial charge in [-0.15, -0.1) is 0 Å². The van der Waals surface area contributed by atoms with E-state index in [2.05, 4.69) is 37.9 Å². The lowest BCUT2D eigenvalue weighted by Gasteiger charge is -2.41. The topological polar surface area (TPSA) is 15.3 Å². The van der Waals surface area contributed by atoms with E-state index >= 15 is 0 Å². The van der Waals surface area contributed by atoms with Crippen molar-refractivity contribution >= 4 is 0 Å². The van der Waals surface area contributed by atoms with Crippen LogP contribution in [0.25, 0.3) is 0 Å². The van der Waals surface area contributed by atoms with Gasteiger partial charge >= 0.3 is 0 Å². The van der Waals surface area contributed by atoms with Crippen LogP contribution in [0.3, 0.4) is 0 Å². The molecule has 2 fully saturated rings. The molecule has 1 N–H and O–H groups in total. The number of piperazine rings is 1. The average Bonchev–Trinajstić information content (AvgIpc) is 2.82.